The lowest BCUT2D eigenvalue weighted by atomic mass is 10.2. The van der Waals surface area contributed by atoms with Crippen LogP contribution in [0.2, 0.25) is 0 Å². The van der Waals surface area contributed by atoms with Gasteiger partial charge < -0.3 is 10.1 Å². The fourth-order valence-corrected chi connectivity index (χ4v) is 1.92. The Balaban J connectivity index is 2.29. The van der Waals surface area contributed by atoms with Gasteiger partial charge in [-0.2, -0.15) is 0 Å². The topological polar surface area (TPSA) is 47.0 Å². The number of ether oxygens (including phenoxy) is 1. The lowest BCUT2D eigenvalue weighted by Crippen LogP contribution is -2.02. The summed E-state index contributed by atoms with van der Waals surface area (Å²) in [7, 11) is 1.88. The van der Waals surface area contributed by atoms with Gasteiger partial charge in [0, 0.05) is 23.9 Å². The SMILES string of the molecule is CCCOc1ccc(-c2nc(C)c(C)c(NC)n2)cc1. The maximum atomic E-state index is 5.58. The van der Waals surface area contributed by atoms with E-state index < -0.39 is 0 Å². The van der Waals surface area contributed by atoms with Crippen LogP contribution in [-0.2, 0) is 0 Å². The molecule has 1 heterocycles. The summed E-state index contributed by atoms with van der Waals surface area (Å²) in [6.45, 7) is 6.85. The van der Waals surface area contributed by atoms with E-state index in [1.807, 2.05) is 45.2 Å². The smallest absolute Gasteiger partial charge is 0.161 e. The van der Waals surface area contributed by atoms with Crippen molar-refractivity contribution in [2.24, 2.45) is 0 Å². The van der Waals surface area contributed by atoms with E-state index in [0.29, 0.717) is 0 Å². The molecule has 4 nitrogen and oxygen atoms in total. The van der Waals surface area contributed by atoms with Crippen LogP contribution >= 0.6 is 0 Å². The van der Waals surface area contributed by atoms with Gasteiger partial charge in [0.05, 0.1) is 6.61 Å². The van der Waals surface area contributed by atoms with Crippen molar-refractivity contribution in [2.75, 3.05) is 19.0 Å². The highest BCUT2D eigenvalue weighted by Crippen LogP contribution is 2.23. The molecule has 0 aliphatic carbocycles. The minimum absolute atomic E-state index is 0.736. The molecule has 20 heavy (non-hydrogen) atoms. The van der Waals surface area contributed by atoms with Gasteiger partial charge >= 0.3 is 0 Å². The van der Waals surface area contributed by atoms with Crippen LogP contribution in [0.1, 0.15) is 24.6 Å². The average Bonchev–Trinajstić information content (AvgIpc) is 2.48. The molecule has 0 radical (unpaired) electrons. The van der Waals surface area contributed by atoms with Gasteiger partial charge in [-0.05, 0) is 44.5 Å². The van der Waals surface area contributed by atoms with Crippen molar-refractivity contribution in [1.82, 2.24) is 9.97 Å². The van der Waals surface area contributed by atoms with Crippen LogP contribution in [0.3, 0.4) is 0 Å². The second-order valence-corrected chi connectivity index (χ2v) is 4.73. The van der Waals surface area contributed by atoms with Crippen LogP contribution in [0.5, 0.6) is 5.75 Å². The fraction of sp³-hybridized carbons (Fsp3) is 0.375. The molecule has 1 aromatic heterocycles. The lowest BCUT2D eigenvalue weighted by molar-refractivity contribution is 0.317. The van der Waals surface area contributed by atoms with Crippen molar-refractivity contribution >= 4 is 5.82 Å². The standard InChI is InChI=1S/C16H21N3O/c1-5-10-20-14-8-6-13(7-9-14)16-18-12(3)11(2)15(17-4)19-16/h6-9H,5,10H2,1-4H3,(H,17,18,19). The number of hydrogen-bond donors (Lipinski definition) is 1. The number of nitrogens with one attached hydrogen (secondary N) is 1. The van der Waals surface area contributed by atoms with Gasteiger partial charge in [0.15, 0.2) is 5.82 Å². The summed E-state index contributed by atoms with van der Waals surface area (Å²) < 4.78 is 5.58. The Hall–Kier alpha value is -2.10. The Morgan fingerprint density at radius 2 is 1.80 bits per heavy atom. The molecule has 0 amide bonds. The number of benzene rings is 1. The Labute approximate surface area is 120 Å². The Bertz CT molecular complexity index is 579. The lowest BCUT2D eigenvalue weighted by Gasteiger charge is -2.10. The van der Waals surface area contributed by atoms with Gasteiger partial charge in [-0.25, -0.2) is 9.97 Å². The van der Waals surface area contributed by atoms with Gasteiger partial charge in [-0.15, -0.1) is 0 Å². The molecule has 0 bridgehead atoms. The molecule has 0 spiro atoms. The zero-order chi connectivity index (χ0) is 14.5. The molecule has 0 aliphatic rings. The van der Waals surface area contributed by atoms with E-state index >= 15 is 0 Å². The first-order valence-electron chi connectivity index (χ1n) is 6.92. The summed E-state index contributed by atoms with van der Waals surface area (Å²) in [6, 6.07) is 7.91. The van der Waals surface area contributed by atoms with Crippen molar-refractivity contribution in [3.05, 3.63) is 35.5 Å². The summed E-state index contributed by atoms with van der Waals surface area (Å²) in [5.41, 5.74) is 3.07. The summed E-state index contributed by atoms with van der Waals surface area (Å²) in [4.78, 5) is 9.10. The Morgan fingerprint density at radius 3 is 2.40 bits per heavy atom. The predicted octanol–water partition coefficient (Wildman–Crippen LogP) is 3.59. The van der Waals surface area contributed by atoms with E-state index in [4.69, 9.17) is 4.74 Å². The van der Waals surface area contributed by atoms with Crippen LogP contribution in [0.15, 0.2) is 24.3 Å². The number of rotatable bonds is 5. The zero-order valence-corrected chi connectivity index (χ0v) is 12.5. The highest BCUT2D eigenvalue weighted by atomic mass is 16.5. The largest absolute Gasteiger partial charge is 0.494 e. The highest BCUT2D eigenvalue weighted by molar-refractivity contribution is 5.60. The van der Waals surface area contributed by atoms with Crippen molar-refractivity contribution in [3.8, 4) is 17.1 Å². The van der Waals surface area contributed by atoms with Crippen molar-refractivity contribution in [1.29, 1.82) is 0 Å². The summed E-state index contributed by atoms with van der Waals surface area (Å²) >= 11 is 0. The molecule has 1 N–H and O–H groups in total. The number of anilines is 1. The summed E-state index contributed by atoms with van der Waals surface area (Å²) in [5, 5.41) is 3.11. The van der Waals surface area contributed by atoms with Crippen molar-refractivity contribution in [3.63, 3.8) is 0 Å². The average molecular weight is 271 g/mol. The third-order valence-electron chi connectivity index (χ3n) is 3.21. The van der Waals surface area contributed by atoms with Gasteiger partial charge in [0.25, 0.3) is 0 Å². The molecule has 2 rings (SSSR count). The first kappa shape index (κ1) is 14.3. The third kappa shape index (κ3) is 3.07. The molecule has 0 saturated carbocycles. The Kier molecular flexibility index (Phi) is 4.56. The number of nitrogens with zero attached hydrogens (tertiary/aromatic N) is 2. The molecule has 1 aromatic carbocycles. The summed E-state index contributed by atoms with van der Waals surface area (Å²) in [5.74, 6) is 2.49. The molecule has 2 aromatic rings. The van der Waals surface area contributed by atoms with Crippen LogP contribution in [0, 0.1) is 13.8 Å². The van der Waals surface area contributed by atoms with E-state index in [9.17, 15) is 0 Å². The summed E-state index contributed by atoms with van der Waals surface area (Å²) in [6.07, 6.45) is 1.01. The minimum atomic E-state index is 0.736. The molecule has 0 fully saturated rings. The number of hydrogen-bond acceptors (Lipinski definition) is 4. The minimum Gasteiger partial charge on any atom is -0.494 e. The van der Waals surface area contributed by atoms with Crippen molar-refractivity contribution in [2.45, 2.75) is 27.2 Å². The maximum absolute atomic E-state index is 5.58. The second-order valence-electron chi connectivity index (χ2n) is 4.73. The van der Waals surface area contributed by atoms with Crippen LogP contribution in [0.4, 0.5) is 5.82 Å². The molecule has 4 heteroatoms. The third-order valence-corrected chi connectivity index (χ3v) is 3.21. The van der Waals surface area contributed by atoms with Gasteiger partial charge in [-0.3, -0.25) is 0 Å². The van der Waals surface area contributed by atoms with Crippen molar-refractivity contribution < 1.29 is 4.74 Å². The van der Waals surface area contributed by atoms with E-state index in [-0.39, 0.29) is 0 Å². The first-order valence-corrected chi connectivity index (χ1v) is 6.92. The highest BCUT2D eigenvalue weighted by Gasteiger charge is 2.08. The molecule has 106 valence electrons. The molecular weight excluding hydrogens is 250 g/mol. The van der Waals surface area contributed by atoms with E-state index in [1.54, 1.807) is 0 Å². The fourth-order valence-electron chi connectivity index (χ4n) is 1.92. The monoisotopic (exact) mass is 271 g/mol. The molecule has 0 unspecified atom stereocenters. The Morgan fingerprint density at radius 1 is 1.10 bits per heavy atom. The second kappa shape index (κ2) is 6.37. The number of aryl methyl sites for hydroxylation is 1. The van der Waals surface area contributed by atoms with Gasteiger partial charge in [-0.1, -0.05) is 6.92 Å². The quantitative estimate of drug-likeness (QED) is 0.902. The normalized spacial score (nSPS) is 10.4. The van der Waals surface area contributed by atoms with Gasteiger partial charge in [0.1, 0.15) is 11.6 Å². The van der Waals surface area contributed by atoms with Crippen LogP contribution in [0.25, 0.3) is 11.4 Å². The molecular formula is C16H21N3O. The maximum Gasteiger partial charge on any atom is 0.161 e. The van der Waals surface area contributed by atoms with E-state index in [0.717, 1.165) is 47.2 Å². The first-order chi connectivity index (χ1) is 9.65. The van der Waals surface area contributed by atoms with Gasteiger partial charge in [0.2, 0.25) is 0 Å². The number of aromatic nitrogens is 2. The van der Waals surface area contributed by atoms with Crippen LogP contribution in [-0.4, -0.2) is 23.6 Å². The van der Waals surface area contributed by atoms with Crippen LogP contribution < -0.4 is 10.1 Å². The molecule has 0 aliphatic heterocycles. The molecule has 0 atom stereocenters. The van der Waals surface area contributed by atoms with E-state index in [1.165, 1.54) is 0 Å². The zero-order valence-electron chi connectivity index (χ0n) is 12.5. The molecule has 0 saturated heterocycles. The van der Waals surface area contributed by atoms with E-state index in [2.05, 4.69) is 22.2 Å². The predicted molar refractivity (Wildman–Crippen MR) is 82.3 cm³/mol.